The molecule has 0 bridgehead atoms. The molecule has 15 heavy (non-hydrogen) atoms. The second-order valence-corrected chi connectivity index (χ2v) is 6.52. The smallest absolute Gasteiger partial charge is 0.220 e. The first-order valence-corrected chi connectivity index (χ1v) is 7.12. The third kappa shape index (κ3) is 1.27. The standard InChI is InChI=1S/C11H12IN2S/c1-7-10(12)14-9-6-4-3-5-8(9)13(2)11(14)15-7/h3-7,10H,1-2H3/q+1. The maximum atomic E-state index is 2.54. The van der Waals surface area contributed by atoms with E-state index in [1.165, 1.54) is 16.2 Å². The molecule has 0 N–H and O–H groups in total. The maximum Gasteiger partial charge on any atom is 0.320 e. The largest absolute Gasteiger partial charge is 0.320 e. The minimum atomic E-state index is 0.564. The Morgan fingerprint density at radius 3 is 2.93 bits per heavy atom. The van der Waals surface area contributed by atoms with Crippen LogP contribution in [0.25, 0.3) is 11.0 Å². The van der Waals surface area contributed by atoms with E-state index in [4.69, 9.17) is 0 Å². The molecule has 0 aliphatic carbocycles. The Labute approximate surface area is 107 Å². The SMILES string of the molecule is CC1Sc2n(c3ccccc3[n+]2C)C1I. The number of thioether (sulfide) groups is 1. The molecule has 0 amide bonds. The number of imidazole rings is 1. The topological polar surface area (TPSA) is 8.81 Å². The lowest BCUT2D eigenvalue weighted by atomic mass is 10.3. The summed E-state index contributed by atoms with van der Waals surface area (Å²) in [6, 6.07) is 8.62. The highest BCUT2D eigenvalue weighted by atomic mass is 127. The normalized spacial score (nSPS) is 24.7. The van der Waals surface area contributed by atoms with Gasteiger partial charge in [-0.3, -0.25) is 0 Å². The fraction of sp³-hybridized carbons (Fsp3) is 0.364. The van der Waals surface area contributed by atoms with Gasteiger partial charge in [0, 0.05) is 0 Å². The Morgan fingerprint density at radius 2 is 2.13 bits per heavy atom. The fourth-order valence-corrected chi connectivity index (χ4v) is 4.47. The average Bonchev–Trinajstić information content (AvgIpc) is 2.68. The molecule has 0 radical (unpaired) electrons. The number of aryl methyl sites for hydroxylation is 1. The van der Waals surface area contributed by atoms with Crippen LogP contribution >= 0.6 is 34.4 Å². The molecule has 1 aromatic heterocycles. The zero-order valence-electron chi connectivity index (χ0n) is 8.64. The number of aromatic nitrogens is 2. The van der Waals surface area contributed by atoms with E-state index in [2.05, 4.69) is 70.0 Å². The zero-order chi connectivity index (χ0) is 10.6. The van der Waals surface area contributed by atoms with Crippen molar-refractivity contribution >= 4 is 45.4 Å². The molecule has 0 spiro atoms. The van der Waals surface area contributed by atoms with Crippen LogP contribution in [0, 0.1) is 0 Å². The molecule has 3 rings (SSSR count). The summed E-state index contributed by atoms with van der Waals surface area (Å²) in [6.45, 7) is 2.30. The van der Waals surface area contributed by atoms with E-state index in [-0.39, 0.29) is 0 Å². The highest BCUT2D eigenvalue weighted by molar-refractivity contribution is 14.1. The Balaban J connectivity index is 2.39. The number of benzene rings is 1. The molecule has 2 heterocycles. The van der Waals surface area contributed by atoms with Gasteiger partial charge in [0.2, 0.25) is 0 Å². The lowest BCUT2D eigenvalue weighted by molar-refractivity contribution is -0.685. The van der Waals surface area contributed by atoms with E-state index < -0.39 is 0 Å². The van der Waals surface area contributed by atoms with Crippen LogP contribution in [0.5, 0.6) is 0 Å². The van der Waals surface area contributed by atoms with Gasteiger partial charge in [-0.15, -0.1) is 0 Å². The Hall–Kier alpha value is -0.230. The number of alkyl halides is 1. The van der Waals surface area contributed by atoms with Crippen LogP contribution in [0.1, 0.15) is 11.0 Å². The van der Waals surface area contributed by atoms with Crippen molar-refractivity contribution in [2.75, 3.05) is 0 Å². The van der Waals surface area contributed by atoms with Crippen LogP contribution < -0.4 is 4.57 Å². The van der Waals surface area contributed by atoms with Crippen LogP contribution in [-0.4, -0.2) is 9.82 Å². The summed E-state index contributed by atoms with van der Waals surface area (Å²) < 4.78 is 5.31. The molecule has 0 fully saturated rings. The zero-order valence-corrected chi connectivity index (χ0v) is 11.6. The van der Waals surface area contributed by atoms with E-state index in [0.29, 0.717) is 9.30 Å². The highest BCUT2D eigenvalue weighted by Gasteiger charge is 2.39. The number of hydrogen-bond acceptors (Lipinski definition) is 1. The van der Waals surface area contributed by atoms with Gasteiger partial charge in [0.05, 0.1) is 12.3 Å². The fourth-order valence-electron chi connectivity index (χ4n) is 2.13. The van der Waals surface area contributed by atoms with Crippen LogP contribution in [0.3, 0.4) is 0 Å². The summed E-state index contributed by atoms with van der Waals surface area (Å²) >= 11 is 4.51. The molecule has 1 aromatic carbocycles. The van der Waals surface area contributed by atoms with Crippen LogP contribution in [0.4, 0.5) is 0 Å². The summed E-state index contributed by atoms with van der Waals surface area (Å²) in [4.78, 5) is 0. The molecule has 78 valence electrons. The number of para-hydroxylation sites is 2. The minimum absolute atomic E-state index is 0.564. The first-order valence-electron chi connectivity index (χ1n) is 5.00. The lowest BCUT2D eigenvalue weighted by Gasteiger charge is -2.03. The summed E-state index contributed by atoms with van der Waals surface area (Å²) in [7, 11) is 2.16. The van der Waals surface area contributed by atoms with E-state index in [1.807, 2.05) is 11.8 Å². The van der Waals surface area contributed by atoms with Gasteiger partial charge in [0.15, 0.2) is 15.1 Å². The van der Waals surface area contributed by atoms with Gasteiger partial charge in [-0.05, 0) is 53.4 Å². The first-order chi connectivity index (χ1) is 7.20. The van der Waals surface area contributed by atoms with E-state index in [9.17, 15) is 0 Å². The van der Waals surface area contributed by atoms with Gasteiger partial charge < -0.3 is 0 Å². The van der Waals surface area contributed by atoms with Gasteiger partial charge in [0.1, 0.15) is 0 Å². The molecular weight excluding hydrogens is 319 g/mol. The summed E-state index contributed by atoms with van der Waals surface area (Å²) in [5.41, 5.74) is 2.68. The molecule has 2 aromatic rings. The van der Waals surface area contributed by atoms with Gasteiger partial charge in [0.25, 0.3) is 0 Å². The van der Waals surface area contributed by atoms with Crippen molar-refractivity contribution in [1.29, 1.82) is 0 Å². The molecule has 2 nitrogen and oxygen atoms in total. The Bertz CT molecular complexity index is 535. The number of hydrogen-bond donors (Lipinski definition) is 0. The molecule has 0 saturated carbocycles. The Morgan fingerprint density at radius 1 is 1.40 bits per heavy atom. The predicted octanol–water partition coefficient (Wildman–Crippen LogP) is 2.89. The highest BCUT2D eigenvalue weighted by Crippen LogP contribution is 2.44. The molecule has 4 heteroatoms. The maximum absolute atomic E-state index is 2.54. The van der Waals surface area contributed by atoms with E-state index in [1.54, 1.807) is 0 Å². The van der Waals surface area contributed by atoms with Crippen molar-refractivity contribution in [2.24, 2.45) is 7.05 Å². The van der Waals surface area contributed by atoms with E-state index in [0.717, 1.165) is 0 Å². The molecular formula is C11H12IN2S+. The van der Waals surface area contributed by atoms with Gasteiger partial charge in [-0.1, -0.05) is 12.1 Å². The third-order valence-corrected chi connectivity index (χ3v) is 6.36. The van der Waals surface area contributed by atoms with Crippen molar-refractivity contribution in [3.63, 3.8) is 0 Å². The van der Waals surface area contributed by atoms with Crippen molar-refractivity contribution in [1.82, 2.24) is 4.57 Å². The number of nitrogens with zero attached hydrogens (tertiary/aromatic N) is 2. The quantitative estimate of drug-likeness (QED) is 0.410. The number of fused-ring (bicyclic) bond motifs is 3. The van der Waals surface area contributed by atoms with E-state index >= 15 is 0 Å². The summed E-state index contributed by atoms with van der Waals surface area (Å²) in [5.74, 6) is 0. The average molecular weight is 331 g/mol. The van der Waals surface area contributed by atoms with Crippen LogP contribution in [0.15, 0.2) is 29.4 Å². The Kier molecular flexibility index (Phi) is 2.24. The molecule has 1 aliphatic rings. The van der Waals surface area contributed by atoms with Crippen molar-refractivity contribution in [3.8, 4) is 0 Å². The van der Waals surface area contributed by atoms with Crippen LogP contribution in [0.2, 0.25) is 0 Å². The van der Waals surface area contributed by atoms with Gasteiger partial charge in [-0.25, -0.2) is 9.13 Å². The summed E-state index contributed by atoms with van der Waals surface area (Å²) in [5, 5.41) is 2.04. The molecule has 2 atom stereocenters. The molecule has 1 aliphatic heterocycles. The van der Waals surface area contributed by atoms with Crippen molar-refractivity contribution in [2.45, 2.75) is 21.4 Å². The lowest BCUT2D eigenvalue weighted by Crippen LogP contribution is -2.28. The second kappa shape index (κ2) is 3.38. The second-order valence-electron chi connectivity index (χ2n) is 3.90. The van der Waals surface area contributed by atoms with Crippen molar-refractivity contribution in [3.05, 3.63) is 24.3 Å². The number of rotatable bonds is 0. The predicted molar refractivity (Wildman–Crippen MR) is 71.5 cm³/mol. The minimum Gasteiger partial charge on any atom is -0.220 e. The molecule has 0 saturated heterocycles. The van der Waals surface area contributed by atoms with Gasteiger partial charge >= 0.3 is 5.16 Å². The van der Waals surface area contributed by atoms with Crippen molar-refractivity contribution < 1.29 is 4.57 Å². The number of halogens is 1. The van der Waals surface area contributed by atoms with Gasteiger partial charge in [-0.2, -0.15) is 0 Å². The summed E-state index contributed by atoms with van der Waals surface area (Å²) in [6.07, 6.45) is 0. The monoisotopic (exact) mass is 331 g/mol. The third-order valence-electron chi connectivity index (χ3n) is 2.92. The van der Waals surface area contributed by atoms with Crippen LogP contribution in [-0.2, 0) is 7.05 Å². The first kappa shape index (κ1) is 9.96. The molecule has 2 unspecified atom stereocenters.